The molecule has 4 rings (SSSR count). The van der Waals surface area contributed by atoms with E-state index < -0.39 is 17.4 Å². The number of Topliss-reactive ketones (excluding diaryl/α,β-unsaturated/α-hetero) is 1. The van der Waals surface area contributed by atoms with Crippen LogP contribution in [0.5, 0.6) is 5.75 Å². The van der Waals surface area contributed by atoms with Crippen LogP contribution in [-0.2, 0) is 11.3 Å². The van der Waals surface area contributed by atoms with E-state index in [0.29, 0.717) is 26.1 Å². The number of benzene rings is 2. The van der Waals surface area contributed by atoms with Crippen LogP contribution in [0.15, 0.2) is 42.5 Å². The standard InChI is InChI=1S/C22H23F2NO3/c1-27-22-19(23)9-16(10-20(22)24)21(26)15-7-17-12-28-13-18(8-15)25(17)11-14-5-3-2-4-6-14/h2-6,9-10,15,17-18H,7-8,11-13H2,1H3. The number of rotatable bonds is 5. The van der Waals surface area contributed by atoms with Crippen molar-refractivity contribution in [3.8, 4) is 5.75 Å². The molecular formula is C22H23F2NO3. The zero-order valence-corrected chi connectivity index (χ0v) is 15.7. The van der Waals surface area contributed by atoms with Gasteiger partial charge in [-0.15, -0.1) is 0 Å². The SMILES string of the molecule is COc1c(F)cc(C(=O)C2CC3COCC(C2)N3Cc2ccccc2)cc1F. The van der Waals surface area contributed by atoms with Gasteiger partial charge in [0.2, 0.25) is 0 Å². The average Bonchev–Trinajstić information content (AvgIpc) is 2.68. The van der Waals surface area contributed by atoms with Gasteiger partial charge >= 0.3 is 0 Å². The highest BCUT2D eigenvalue weighted by atomic mass is 19.1. The maximum Gasteiger partial charge on any atom is 0.190 e. The number of fused-ring (bicyclic) bond motifs is 2. The molecule has 0 spiro atoms. The second-order valence-corrected chi connectivity index (χ2v) is 7.51. The number of piperidine rings is 1. The second-order valence-electron chi connectivity index (χ2n) is 7.51. The molecule has 2 aliphatic heterocycles. The van der Waals surface area contributed by atoms with Gasteiger partial charge in [-0.05, 0) is 30.5 Å². The monoisotopic (exact) mass is 387 g/mol. The van der Waals surface area contributed by atoms with Crippen LogP contribution in [0.4, 0.5) is 8.78 Å². The van der Waals surface area contributed by atoms with E-state index in [4.69, 9.17) is 9.47 Å². The zero-order valence-electron chi connectivity index (χ0n) is 15.7. The molecule has 0 saturated carbocycles. The molecular weight excluding hydrogens is 364 g/mol. The molecule has 2 aliphatic rings. The molecule has 2 aromatic carbocycles. The van der Waals surface area contributed by atoms with Crippen LogP contribution in [0.1, 0.15) is 28.8 Å². The maximum atomic E-state index is 14.0. The first-order valence-corrected chi connectivity index (χ1v) is 9.51. The van der Waals surface area contributed by atoms with Gasteiger partial charge in [0.05, 0.1) is 20.3 Å². The highest BCUT2D eigenvalue weighted by Crippen LogP contribution is 2.35. The summed E-state index contributed by atoms with van der Waals surface area (Å²) in [7, 11) is 1.20. The lowest BCUT2D eigenvalue weighted by atomic mass is 9.80. The molecule has 2 heterocycles. The molecule has 148 valence electrons. The average molecular weight is 387 g/mol. The number of carbonyl (C=O) groups excluding carboxylic acids is 1. The smallest absolute Gasteiger partial charge is 0.190 e. The highest BCUT2D eigenvalue weighted by molar-refractivity contribution is 5.98. The minimum Gasteiger partial charge on any atom is -0.491 e. The fourth-order valence-corrected chi connectivity index (χ4v) is 4.39. The third-order valence-electron chi connectivity index (χ3n) is 5.74. The Morgan fingerprint density at radius 1 is 1.11 bits per heavy atom. The predicted octanol–water partition coefficient (Wildman–Crippen LogP) is 3.84. The van der Waals surface area contributed by atoms with E-state index in [-0.39, 0.29) is 29.3 Å². The molecule has 2 aromatic rings. The summed E-state index contributed by atoms with van der Waals surface area (Å²) < 4.78 is 38.5. The summed E-state index contributed by atoms with van der Waals surface area (Å²) in [6, 6.07) is 12.6. The minimum atomic E-state index is -0.851. The van der Waals surface area contributed by atoms with Gasteiger partial charge in [-0.25, -0.2) is 8.78 Å². The lowest BCUT2D eigenvalue weighted by Gasteiger charge is -2.48. The van der Waals surface area contributed by atoms with Crippen molar-refractivity contribution in [2.45, 2.75) is 31.5 Å². The highest BCUT2D eigenvalue weighted by Gasteiger charge is 2.41. The van der Waals surface area contributed by atoms with Gasteiger partial charge in [-0.2, -0.15) is 0 Å². The van der Waals surface area contributed by atoms with Crippen LogP contribution in [0.3, 0.4) is 0 Å². The van der Waals surface area contributed by atoms with Crippen molar-refractivity contribution in [3.63, 3.8) is 0 Å². The fourth-order valence-electron chi connectivity index (χ4n) is 4.39. The van der Waals surface area contributed by atoms with Gasteiger partial charge in [0.25, 0.3) is 0 Å². The lowest BCUT2D eigenvalue weighted by molar-refractivity contribution is -0.0872. The van der Waals surface area contributed by atoms with E-state index in [1.165, 1.54) is 12.7 Å². The van der Waals surface area contributed by atoms with E-state index in [0.717, 1.165) is 18.7 Å². The third kappa shape index (κ3) is 3.66. The van der Waals surface area contributed by atoms with Gasteiger partial charge in [0.1, 0.15) is 0 Å². The van der Waals surface area contributed by atoms with Gasteiger partial charge in [0, 0.05) is 30.1 Å². The number of hydrogen-bond donors (Lipinski definition) is 0. The molecule has 28 heavy (non-hydrogen) atoms. The van der Waals surface area contributed by atoms with Gasteiger partial charge < -0.3 is 9.47 Å². The Morgan fingerprint density at radius 2 is 1.71 bits per heavy atom. The van der Waals surface area contributed by atoms with Crippen molar-refractivity contribution in [2.75, 3.05) is 20.3 Å². The number of ketones is 1. The van der Waals surface area contributed by atoms with Crippen molar-refractivity contribution in [1.82, 2.24) is 4.90 Å². The number of morpholine rings is 1. The molecule has 2 unspecified atom stereocenters. The molecule has 2 fully saturated rings. The van der Waals surface area contributed by atoms with E-state index in [2.05, 4.69) is 17.0 Å². The van der Waals surface area contributed by atoms with E-state index in [1.807, 2.05) is 18.2 Å². The number of carbonyl (C=O) groups is 1. The number of halogens is 2. The third-order valence-corrected chi connectivity index (χ3v) is 5.74. The van der Waals surface area contributed by atoms with Gasteiger partial charge in [0.15, 0.2) is 23.2 Å². The largest absolute Gasteiger partial charge is 0.491 e. The first-order valence-electron chi connectivity index (χ1n) is 9.51. The topological polar surface area (TPSA) is 38.8 Å². The number of ether oxygens (including phenoxy) is 2. The van der Waals surface area contributed by atoms with Crippen LogP contribution >= 0.6 is 0 Å². The Bertz CT molecular complexity index is 821. The normalized spacial score (nSPS) is 24.8. The van der Waals surface area contributed by atoms with Crippen LogP contribution in [0.25, 0.3) is 0 Å². The fraction of sp³-hybridized carbons (Fsp3) is 0.409. The van der Waals surface area contributed by atoms with Gasteiger partial charge in [-0.1, -0.05) is 30.3 Å². The van der Waals surface area contributed by atoms with Crippen molar-refractivity contribution in [3.05, 3.63) is 65.2 Å². The molecule has 0 radical (unpaired) electrons. The maximum absolute atomic E-state index is 14.0. The van der Waals surface area contributed by atoms with Crippen LogP contribution < -0.4 is 4.74 Å². The Balaban J connectivity index is 1.52. The minimum absolute atomic E-state index is 0.0660. The Morgan fingerprint density at radius 3 is 2.29 bits per heavy atom. The summed E-state index contributed by atoms with van der Waals surface area (Å²) in [4.78, 5) is 15.4. The molecule has 2 bridgehead atoms. The van der Waals surface area contributed by atoms with E-state index in [9.17, 15) is 13.6 Å². The van der Waals surface area contributed by atoms with Crippen LogP contribution in [0, 0.1) is 17.6 Å². The van der Waals surface area contributed by atoms with Gasteiger partial charge in [-0.3, -0.25) is 9.69 Å². The predicted molar refractivity (Wildman–Crippen MR) is 100 cm³/mol. The summed E-state index contributed by atoms with van der Waals surface area (Å²) >= 11 is 0. The van der Waals surface area contributed by atoms with E-state index >= 15 is 0 Å². The number of nitrogens with zero attached hydrogens (tertiary/aromatic N) is 1. The van der Waals surface area contributed by atoms with Crippen molar-refractivity contribution in [2.24, 2.45) is 5.92 Å². The molecule has 0 aliphatic carbocycles. The molecule has 0 amide bonds. The Labute approximate surface area is 163 Å². The zero-order chi connectivity index (χ0) is 19.7. The van der Waals surface area contributed by atoms with Crippen molar-refractivity contribution < 1.29 is 23.0 Å². The number of hydrogen-bond acceptors (Lipinski definition) is 4. The Hall–Kier alpha value is -2.31. The summed E-state index contributed by atoms with van der Waals surface area (Å²) in [5.74, 6) is -2.64. The summed E-state index contributed by atoms with van der Waals surface area (Å²) in [5.41, 5.74) is 1.29. The number of methoxy groups -OCH3 is 1. The summed E-state index contributed by atoms with van der Waals surface area (Å²) in [5, 5.41) is 0. The van der Waals surface area contributed by atoms with Crippen LogP contribution in [0.2, 0.25) is 0 Å². The quantitative estimate of drug-likeness (QED) is 0.731. The molecule has 0 aromatic heterocycles. The molecule has 4 nitrogen and oxygen atoms in total. The molecule has 2 saturated heterocycles. The second kappa shape index (κ2) is 7.97. The summed E-state index contributed by atoms with van der Waals surface area (Å²) in [6.45, 7) is 1.95. The van der Waals surface area contributed by atoms with E-state index in [1.54, 1.807) is 0 Å². The Kier molecular flexibility index (Phi) is 5.42. The molecule has 6 heteroatoms. The molecule has 0 N–H and O–H groups in total. The first-order chi connectivity index (χ1) is 13.6. The van der Waals surface area contributed by atoms with Crippen molar-refractivity contribution in [1.29, 1.82) is 0 Å². The van der Waals surface area contributed by atoms with Crippen molar-refractivity contribution >= 4 is 5.78 Å². The lowest BCUT2D eigenvalue weighted by Crippen LogP contribution is -2.57. The molecule has 2 atom stereocenters. The first kappa shape index (κ1) is 19.0. The van der Waals surface area contributed by atoms with Crippen LogP contribution in [-0.4, -0.2) is 43.1 Å². The summed E-state index contributed by atoms with van der Waals surface area (Å²) in [6.07, 6.45) is 1.24.